The van der Waals surface area contributed by atoms with Gasteiger partial charge in [-0.15, -0.1) is 0 Å². The molecule has 1 saturated carbocycles. The second-order valence-corrected chi connectivity index (χ2v) is 5.85. The third-order valence-corrected chi connectivity index (χ3v) is 3.70. The van der Waals surface area contributed by atoms with Gasteiger partial charge in [0.1, 0.15) is 5.54 Å². The number of hydrazine groups is 1. The maximum Gasteiger partial charge on any atom is 0.344 e. The Bertz CT molecular complexity index is 400. The number of rotatable bonds is 3. The average molecular weight is 267 g/mol. The minimum Gasteiger partial charge on any atom is -0.322 e. The summed E-state index contributed by atoms with van der Waals surface area (Å²) in [6.45, 7) is 3.82. The number of hydrogen-bond donors (Lipinski definition) is 2. The quantitative estimate of drug-likeness (QED) is 0.757. The van der Waals surface area contributed by atoms with Gasteiger partial charge in [-0.3, -0.25) is 15.0 Å². The van der Waals surface area contributed by atoms with Crippen molar-refractivity contribution in [1.82, 2.24) is 15.8 Å². The molecule has 6 heteroatoms. The van der Waals surface area contributed by atoms with Crippen LogP contribution in [-0.4, -0.2) is 28.4 Å². The summed E-state index contributed by atoms with van der Waals surface area (Å²) in [4.78, 5) is 35.9. The van der Waals surface area contributed by atoms with Crippen molar-refractivity contribution in [1.29, 1.82) is 0 Å². The van der Waals surface area contributed by atoms with Crippen LogP contribution in [0.1, 0.15) is 52.4 Å². The number of hydrogen-bond acceptors (Lipinski definition) is 3. The highest BCUT2D eigenvalue weighted by molar-refractivity contribution is 6.07. The van der Waals surface area contributed by atoms with Crippen LogP contribution in [0.15, 0.2) is 0 Å². The molecule has 0 atom stereocenters. The summed E-state index contributed by atoms with van der Waals surface area (Å²) in [6.07, 6.45) is 4.57. The van der Waals surface area contributed by atoms with Crippen LogP contribution in [0.4, 0.5) is 4.79 Å². The average Bonchev–Trinajstić information content (AvgIpc) is 2.54. The number of nitrogens with one attached hydrogen (secondary N) is 2. The predicted molar refractivity (Wildman–Crippen MR) is 68.8 cm³/mol. The first-order valence-corrected chi connectivity index (χ1v) is 6.91. The predicted octanol–water partition coefficient (Wildman–Crippen LogP) is 1.32. The maximum atomic E-state index is 12.3. The zero-order valence-corrected chi connectivity index (χ0v) is 11.5. The number of nitrogens with zero attached hydrogens (tertiary/aromatic N) is 1. The van der Waals surface area contributed by atoms with E-state index in [-0.39, 0.29) is 17.7 Å². The Labute approximate surface area is 112 Å². The topological polar surface area (TPSA) is 78.5 Å². The molecule has 1 aliphatic carbocycles. The second-order valence-electron chi connectivity index (χ2n) is 5.85. The summed E-state index contributed by atoms with van der Waals surface area (Å²) >= 11 is 0. The molecule has 0 unspecified atom stereocenters. The van der Waals surface area contributed by atoms with Crippen LogP contribution in [0.5, 0.6) is 0 Å². The van der Waals surface area contributed by atoms with Crippen LogP contribution in [0, 0.1) is 5.92 Å². The Kier molecular flexibility index (Phi) is 3.78. The molecule has 0 aromatic rings. The monoisotopic (exact) mass is 267 g/mol. The van der Waals surface area contributed by atoms with Gasteiger partial charge in [-0.25, -0.2) is 4.79 Å². The lowest BCUT2D eigenvalue weighted by Crippen LogP contribution is -2.51. The molecule has 0 aromatic heterocycles. The van der Waals surface area contributed by atoms with Gasteiger partial charge in [-0.05, 0) is 18.8 Å². The van der Waals surface area contributed by atoms with E-state index in [0.29, 0.717) is 19.3 Å². The van der Waals surface area contributed by atoms with E-state index in [1.807, 2.05) is 13.8 Å². The van der Waals surface area contributed by atoms with Gasteiger partial charge in [0.15, 0.2) is 0 Å². The van der Waals surface area contributed by atoms with Gasteiger partial charge >= 0.3 is 6.03 Å². The minimum atomic E-state index is -0.777. The molecule has 1 spiro atoms. The van der Waals surface area contributed by atoms with E-state index in [0.717, 1.165) is 24.3 Å². The third-order valence-electron chi connectivity index (χ3n) is 3.70. The van der Waals surface area contributed by atoms with Crippen LogP contribution in [0.3, 0.4) is 0 Å². The zero-order chi connectivity index (χ0) is 14.0. The molecule has 106 valence electrons. The number of carbonyl (C=O) groups excluding carboxylic acids is 3. The first-order valence-electron chi connectivity index (χ1n) is 6.91. The Morgan fingerprint density at radius 2 is 1.95 bits per heavy atom. The molecule has 6 nitrogen and oxygen atoms in total. The molecule has 0 bridgehead atoms. The lowest BCUT2D eigenvalue weighted by Gasteiger charge is -2.30. The van der Waals surface area contributed by atoms with Gasteiger partial charge in [-0.2, -0.15) is 5.01 Å². The van der Waals surface area contributed by atoms with Crippen LogP contribution >= 0.6 is 0 Å². The number of carbonyl (C=O) groups is 3. The van der Waals surface area contributed by atoms with Crippen molar-refractivity contribution in [2.24, 2.45) is 5.92 Å². The molecule has 0 aromatic carbocycles. The minimum absolute atomic E-state index is 0.185. The normalized spacial score (nSPS) is 21.9. The summed E-state index contributed by atoms with van der Waals surface area (Å²) in [5.41, 5.74) is 1.64. The van der Waals surface area contributed by atoms with Crippen molar-refractivity contribution >= 4 is 17.8 Å². The van der Waals surface area contributed by atoms with Crippen LogP contribution in [0.25, 0.3) is 0 Å². The molecular formula is C13H21N3O3. The summed E-state index contributed by atoms with van der Waals surface area (Å²) in [7, 11) is 0. The third kappa shape index (κ3) is 2.72. The van der Waals surface area contributed by atoms with E-state index in [1.54, 1.807) is 0 Å². The van der Waals surface area contributed by atoms with E-state index >= 15 is 0 Å². The zero-order valence-electron chi connectivity index (χ0n) is 11.5. The highest BCUT2D eigenvalue weighted by Gasteiger charge is 2.52. The maximum absolute atomic E-state index is 12.3. The van der Waals surface area contributed by atoms with E-state index in [9.17, 15) is 14.4 Å². The van der Waals surface area contributed by atoms with E-state index in [4.69, 9.17) is 0 Å². The molecule has 2 fully saturated rings. The van der Waals surface area contributed by atoms with Crippen molar-refractivity contribution in [3.8, 4) is 0 Å². The van der Waals surface area contributed by atoms with Gasteiger partial charge < -0.3 is 5.32 Å². The summed E-state index contributed by atoms with van der Waals surface area (Å²) < 4.78 is 0. The van der Waals surface area contributed by atoms with E-state index in [1.165, 1.54) is 0 Å². The molecule has 2 rings (SSSR count). The van der Waals surface area contributed by atoms with Crippen molar-refractivity contribution < 1.29 is 14.4 Å². The van der Waals surface area contributed by atoms with Crippen LogP contribution in [-0.2, 0) is 9.59 Å². The molecule has 19 heavy (non-hydrogen) atoms. The molecule has 2 N–H and O–H groups in total. The van der Waals surface area contributed by atoms with Crippen molar-refractivity contribution in [2.45, 2.75) is 57.9 Å². The molecule has 0 radical (unpaired) electrons. The van der Waals surface area contributed by atoms with Crippen LogP contribution in [0.2, 0.25) is 0 Å². The highest BCUT2D eigenvalue weighted by Crippen LogP contribution is 2.32. The fraction of sp³-hybridized carbons (Fsp3) is 0.769. The van der Waals surface area contributed by atoms with Gasteiger partial charge in [0.25, 0.3) is 5.91 Å². The van der Waals surface area contributed by atoms with Crippen molar-refractivity contribution in [2.75, 3.05) is 0 Å². The second kappa shape index (κ2) is 5.19. The van der Waals surface area contributed by atoms with Gasteiger partial charge in [0.2, 0.25) is 5.91 Å². The molecule has 4 amide bonds. The lowest BCUT2D eigenvalue weighted by atomic mass is 9.82. The summed E-state index contributed by atoms with van der Waals surface area (Å²) in [6, 6.07) is -0.510. The Morgan fingerprint density at radius 1 is 1.32 bits per heavy atom. The van der Waals surface area contributed by atoms with Gasteiger partial charge in [-0.1, -0.05) is 33.1 Å². The lowest BCUT2D eigenvalue weighted by molar-refractivity contribution is -0.140. The number of urea groups is 1. The molecule has 2 aliphatic rings. The standard InChI is InChI=1S/C13H21N3O3/c1-9(2)8-10(17)15-16-11(18)13(14-12(16)19)6-4-3-5-7-13/h9H,3-8H2,1-2H3,(H,14,19)(H,15,17). The first-order chi connectivity index (χ1) is 8.94. The Hall–Kier alpha value is -1.59. The summed E-state index contributed by atoms with van der Waals surface area (Å²) in [5, 5.41) is 3.61. The van der Waals surface area contributed by atoms with Gasteiger partial charge in [0.05, 0.1) is 0 Å². The van der Waals surface area contributed by atoms with E-state index < -0.39 is 11.6 Å². The largest absolute Gasteiger partial charge is 0.344 e. The van der Waals surface area contributed by atoms with Crippen LogP contribution < -0.4 is 10.7 Å². The number of imide groups is 1. The molecule has 1 heterocycles. The van der Waals surface area contributed by atoms with Gasteiger partial charge in [0, 0.05) is 6.42 Å². The van der Waals surface area contributed by atoms with Crippen molar-refractivity contribution in [3.63, 3.8) is 0 Å². The fourth-order valence-electron chi connectivity index (χ4n) is 2.76. The Morgan fingerprint density at radius 3 is 2.53 bits per heavy atom. The van der Waals surface area contributed by atoms with E-state index in [2.05, 4.69) is 10.7 Å². The molecule has 1 saturated heterocycles. The Balaban J connectivity index is 2.04. The summed E-state index contributed by atoms with van der Waals surface area (Å²) in [5.74, 6) is -0.426. The highest BCUT2D eigenvalue weighted by atomic mass is 16.2. The fourth-order valence-corrected chi connectivity index (χ4v) is 2.76. The molecular weight excluding hydrogens is 246 g/mol. The first kappa shape index (κ1) is 13.8. The van der Waals surface area contributed by atoms with Crippen molar-refractivity contribution in [3.05, 3.63) is 0 Å². The number of amides is 4. The SMILES string of the molecule is CC(C)CC(=O)NN1C(=O)NC2(CCCCC2)C1=O. The smallest absolute Gasteiger partial charge is 0.322 e. The molecule has 1 aliphatic heterocycles.